The summed E-state index contributed by atoms with van der Waals surface area (Å²) in [5.41, 5.74) is 0.216. The summed E-state index contributed by atoms with van der Waals surface area (Å²) in [7, 11) is 0. The molecule has 0 aliphatic heterocycles. The predicted octanol–water partition coefficient (Wildman–Crippen LogP) is 2.64. The highest BCUT2D eigenvalue weighted by atomic mass is 35.5. The molecule has 1 heterocycles. The SMILES string of the molecule is CCNCc1noc(-c2cc(Cl)ccc2F)n1. The maximum absolute atomic E-state index is 13.5. The Labute approximate surface area is 103 Å². The van der Waals surface area contributed by atoms with Crippen molar-refractivity contribution in [3.8, 4) is 11.5 Å². The van der Waals surface area contributed by atoms with Crippen molar-refractivity contribution in [3.05, 3.63) is 34.9 Å². The van der Waals surface area contributed by atoms with Crippen molar-refractivity contribution in [1.29, 1.82) is 0 Å². The molecule has 2 aromatic rings. The summed E-state index contributed by atoms with van der Waals surface area (Å²) in [5, 5.41) is 7.22. The van der Waals surface area contributed by atoms with Gasteiger partial charge >= 0.3 is 0 Å². The number of rotatable bonds is 4. The van der Waals surface area contributed by atoms with E-state index in [1.165, 1.54) is 18.2 Å². The lowest BCUT2D eigenvalue weighted by Crippen LogP contribution is -2.12. The van der Waals surface area contributed by atoms with Gasteiger partial charge < -0.3 is 9.84 Å². The van der Waals surface area contributed by atoms with E-state index < -0.39 is 5.82 Å². The number of benzene rings is 1. The minimum atomic E-state index is -0.437. The molecule has 0 aliphatic rings. The van der Waals surface area contributed by atoms with Crippen LogP contribution in [0, 0.1) is 5.82 Å². The molecule has 1 N–H and O–H groups in total. The number of halogens is 2. The molecule has 6 heteroatoms. The van der Waals surface area contributed by atoms with E-state index in [0.29, 0.717) is 17.4 Å². The largest absolute Gasteiger partial charge is 0.334 e. The normalized spacial score (nSPS) is 10.8. The van der Waals surface area contributed by atoms with Crippen LogP contribution in [0.1, 0.15) is 12.7 Å². The molecule has 0 amide bonds. The summed E-state index contributed by atoms with van der Waals surface area (Å²) >= 11 is 5.79. The third kappa shape index (κ3) is 2.81. The summed E-state index contributed by atoms with van der Waals surface area (Å²) in [6.07, 6.45) is 0. The molecule has 1 aromatic carbocycles. The molecule has 90 valence electrons. The first kappa shape index (κ1) is 12.0. The summed E-state index contributed by atoms with van der Waals surface area (Å²) in [6, 6.07) is 4.20. The van der Waals surface area contributed by atoms with Crippen LogP contribution >= 0.6 is 11.6 Å². The van der Waals surface area contributed by atoms with E-state index in [1.807, 2.05) is 6.92 Å². The average molecular weight is 256 g/mol. The molecular weight excluding hydrogens is 245 g/mol. The van der Waals surface area contributed by atoms with Gasteiger partial charge in [-0.05, 0) is 24.7 Å². The van der Waals surface area contributed by atoms with Crippen LogP contribution < -0.4 is 5.32 Å². The predicted molar refractivity (Wildman–Crippen MR) is 62.1 cm³/mol. The fraction of sp³-hybridized carbons (Fsp3) is 0.273. The molecule has 1 aromatic heterocycles. The van der Waals surface area contributed by atoms with Gasteiger partial charge in [-0.15, -0.1) is 0 Å². The van der Waals surface area contributed by atoms with Crippen LogP contribution in [0.5, 0.6) is 0 Å². The van der Waals surface area contributed by atoms with E-state index in [0.717, 1.165) is 6.54 Å². The van der Waals surface area contributed by atoms with Crippen molar-refractivity contribution in [1.82, 2.24) is 15.5 Å². The van der Waals surface area contributed by atoms with Gasteiger partial charge in [-0.1, -0.05) is 23.7 Å². The van der Waals surface area contributed by atoms with Gasteiger partial charge in [-0.25, -0.2) is 4.39 Å². The lowest BCUT2D eigenvalue weighted by Gasteiger charge is -1.97. The van der Waals surface area contributed by atoms with Gasteiger partial charge in [0.2, 0.25) is 0 Å². The lowest BCUT2D eigenvalue weighted by molar-refractivity contribution is 0.417. The number of hydrogen-bond acceptors (Lipinski definition) is 4. The average Bonchev–Trinajstić information content (AvgIpc) is 2.78. The highest BCUT2D eigenvalue weighted by Crippen LogP contribution is 2.24. The van der Waals surface area contributed by atoms with E-state index in [2.05, 4.69) is 15.5 Å². The van der Waals surface area contributed by atoms with Gasteiger partial charge in [0.25, 0.3) is 5.89 Å². The topological polar surface area (TPSA) is 51.0 Å². The minimum Gasteiger partial charge on any atom is -0.334 e. The number of nitrogens with zero attached hydrogens (tertiary/aromatic N) is 2. The monoisotopic (exact) mass is 255 g/mol. The quantitative estimate of drug-likeness (QED) is 0.913. The van der Waals surface area contributed by atoms with Gasteiger partial charge in [-0.2, -0.15) is 4.98 Å². The summed E-state index contributed by atoms with van der Waals surface area (Å²) in [4.78, 5) is 4.08. The molecule has 17 heavy (non-hydrogen) atoms. The van der Waals surface area contributed by atoms with Crippen LogP contribution in [-0.4, -0.2) is 16.7 Å². The standard InChI is InChI=1S/C11H11ClFN3O/c1-2-14-6-10-15-11(17-16-10)8-5-7(12)3-4-9(8)13/h3-5,14H,2,6H2,1H3. The van der Waals surface area contributed by atoms with Crippen LogP contribution in [0.4, 0.5) is 4.39 Å². The molecular formula is C11H11ClFN3O. The second-order valence-electron chi connectivity index (χ2n) is 3.42. The molecule has 0 spiro atoms. The second-order valence-corrected chi connectivity index (χ2v) is 3.86. The van der Waals surface area contributed by atoms with Crippen LogP contribution in [0.25, 0.3) is 11.5 Å². The molecule has 0 saturated carbocycles. The molecule has 4 nitrogen and oxygen atoms in total. The van der Waals surface area contributed by atoms with Crippen LogP contribution in [0.15, 0.2) is 22.7 Å². The number of aromatic nitrogens is 2. The lowest BCUT2D eigenvalue weighted by atomic mass is 10.2. The number of nitrogens with one attached hydrogen (secondary N) is 1. The van der Waals surface area contributed by atoms with Gasteiger partial charge in [0.15, 0.2) is 5.82 Å². The van der Waals surface area contributed by atoms with Crippen molar-refractivity contribution in [3.63, 3.8) is 0 Å². The zero-order chi connectivity index (χ0) is 12.3. The van der Waals surface area contributed by atoms with Gasteiger partial charge in [0.1, 0.15) is 5.82 Å². The van der Waals surface area contributed by atoms with Gasteiger partial charge in [0.05, 0.1) is 12.1 Å². The van der Waals surface area contributed by atoms with E-state index in [4.69, 9.17) is 16.1 Å². The van der Waals surface area contributed by atoms with E-state index >= 15 is 0 Å². The fourth-order valence-corrected chi connectivity index (χ4v) is 1.51. The minimum absolute atomic E-state index is 0.137. The highest BCUT2D eigenvalue weighted by Gasteiger charge is 2.13. The van der Waals surface area contributed by atoms with Gasteiger partial charge in [-0.3, -0.25) is 0 Å². The maximum Gasteiger partial charge on any atom is 0.260 e. The van der Waals surface area contributed by atoms with Crippen LogP contribution in [0.3, 0.4) is 0 Å². The van der Waals surface area contributed by atoms with E-state index in [1.54, 1.807) is 0 Å². The first-order valence-electron chi connectivity index (χ1n) is 5.19. The van der Waals surface area contributed by atoms with Crippen molar-refractivity contribution < 1.29 is 8.91 Å². The fourth-order valence-electron chi connectivity index (χ4n) is 1.33. The summed E-state index contributed by atoms with van der Waals surface area (Å²) < 4.78 is 18.5. The van der Waals surface area contributed by atoms with Crippen LogP contribution in [-0.2, 0) is 6.54 Å². The summed E-state index contributed by atoms with van der Waals surface area (Å²) in [6.45, 7) is 3.26. The Kier molecular flexibility index (Phi) is 3.71. The van der Waals surface area contributed by atoms with Crippen molar-refractivity contribution in [2.75, 3.05) is 6.54 Å². The molecule has 0 saturated heterocycles. The highest BCUT2D eigenvalue weighted by molar-refractivity contribution is 6.30. The smallest absolute Gasteiger partial charge is 0.260 e. The van der Waals surface area contributed by atoms with Crippen LogP contribution in [0.2, 0.25) is 5.02 Å². The molecule has 0 aliphatic carbocycles. The Balaban J connectivity index is 2.27. The molecule has 0 fully saturated rings. The van der Waals surface area contributed by atoms with Crippen molar-refractivity contribution in [2.45, 2.75) is 13.5 Å². The van der Waals surface area contributed by atoms with Crippen molar-refractivity contribution in [2.24, 2.45) is 0 Å². The third-order valence-corrected chi connectivity index (χ3v) is 2.40. The Hall–Kier alpha value is -1.46. The Morgan fingerprint density at radius 1 is 1.47 bits per heavy atom. The first-order chi connectivity index (χ1) is 8.20. The maximum atomic E-state index is 13.5. The molecule has 0 bridgehead atoms. The van der Waals surface area contributed by atoms with E-state index in [9.17, 15) is 4.39 Å². The molecule has 0 atom stereocenters. The van der Waals surface area contributed by atoms with Crippen molar-refractivity contribution >= 4 is 11.6 Å². The zero-order valence-corrected chi connectivity index (χ0v) is 9.96. The Morgan fingerprint density at radius 3 is 3.06 bits per heavy atom. The third-order valence-electron chi connectivity index (χ3n) is 2.16. The van der Waals surface area contributed by atoms with Gasteiger partial charge in [0, 0.05) is 5.02 Å². The second kappa shape index (κ2) is 5.25. The summed E-state index contributed by atoms with van der Waals surface area (Å²) in [5.74, 6) is 0.187. The first-order valence-corrected chi connectivity index (χ1v) is 5.57. The Morgan fingerprint density at radius 2 is 2.29 bits per heavy atom. The molecule has 0 radical (unpaired) electrons. The number of hydrogen-bond donors (Lipinski definition) is 1. The Bertz CT molecular complexity index is 515. The van der Waals surface area contributed by atoms with E-state index in [-0.39, 0.29) is 11.5 Å². The zero-order valence-electron chi connectivity index (χ0n) is 9.20. The molecule has 0 unspecified atom stereocenters. The molecule has 2 rings (SSSR count).